The number of nitrogens with one attached hydrogen (secondary N) is 4. The average Bonchev–Trinajstić information content (AvgIpc) is 2.56. The van der Waals surface area contributed by atoms with Gasteiger partial charge in [0, 0.05) is 17.8 Å². The van der Waals surface area contributed by atoms with Crippen molar-refractivity contribution in [3.63, 3.8) is 0 Å². The summed E-state index contributed by atoms with van der Waals surface area (Å²) < 4.78 is 0. The van der Waals surface area contributed by atoms with Crippen LogP contribution >= 0.6 is 0 Å². The highest BCUT2D eigenvalue weighted by atomic mass is 16.2. The van der Waals surface area contributed by atoms with E-state index in [1.807, 2.05) is 10.6 Å². The molecule has 0 bridgehead atoms. The molecule has 4 N–H and O–H groups in total. The number of hydrogen-bond acceptors (Lipinski definition) is 6. The van der Waals surface area contributed by atoms with Crippen molar-refractivity contribution in [2.24, 2.45) is 0 Å². The molecule has 1 saturated heterocycles. The first-order valence-electron chi connectivity index (χ1n) is 6.83. The van der Waals surface area contributed by atoms with Gasteiger partial charge in [-0.05, 0) is 12.1 Å². The number of hydrogen-bond donors (Lipinski definition) is 4. The van der Waals surface area contributed by atoms with E-state index in [2.05, 4.69) is 15.8 Å². The first-order valence-corrected chi connectivity index (χ1v) is 6.83. The first kappa shape index (κ1) is 15.2. The van der Waals surface area contributed by atoms with Crippen molar-refractivity contribution in [3.05, 3.63) is 53.9 Å². The standard InChI is InChI=1S/C15H11N5O4/c21-12-10(13(22)19-15(24)18-12)7-17-20-14(23)9-5-6-16-11-4-2-1-3-8(9)11/h1-7,17H,(H,20,23)(H2,18,19,21,22,24). The number of para-hydroxylation sites is 1. The largest absolute Gasteiger partial charge is 0.328 e. The summed E-state index contributed by atoms with van der Waals surface area (Å²) in [5, 5.41) is 4.49. The van der Waals surface area contributed by atoms with Crippen LogP contribution in [0, 0.1) is 0 Å². The van der Waals surface area contributed by atoms with E-state index in [-0.39, 0.29) is 5.57 Å². The van der Waals surface area contributed by atoms with Gasteiger partial charge in [-0.2, -0.15) is 0 Å². The van der Waals surface area contributed by atoms with Crippen molar-refractivity contribution in [1.29, 1.82) is 0 Å². The van der Waals surface area contributed by atoms with Crippen LogP contribution in [0.25, 0.3) is 10.9 Å². The average molecular weight is 325 g/mol. The van der Waals surface area contributed by atoms with Crippen LogP contribution in [-0.2, 0) is 9.59 Å². The molecule has 0 spiro atoms. The van der Waals surface area contributed by atoms with E-state index in [0.717, 1.165) is 6.20 Å². The Morgan fingerprint density at radius 3 is 2.50 bits per heavy atom. The summed E-state index contributed by atoms with van der Waals surface area (Å²) in [6.45, 7) is 0. The molecule has 120 valence electrons. The number of nitrogens with zero attached hydrogens (tertiary/aromatic N) is 1. The molecule has 2 aromatic rings. The summed E-state index contributed by atoms with van der Waals surface area (Å²) in [7, 11) is 0. The van der Waals surface area contributed by atoms with Gasteiger partial charge in [-0.1, -0.05) is 18.2 Å². The lowest BCUT2D eigenvalue weighted by molar-refractivity contribution is -0.124. The highest BCUT2D eigenvalue weighted by Gasteiger charge is 2.27. The molecule has 0 aliphatic carbocycles. The molecule has 1 fully saturated rings. The van der Waals surface area contributed by atoms with Crippen LogP contribution < -0.4 is 21.5 Å². The number of fused-ring (bicyclic) bond motifs is 1. The Morgan fingerprint density at radius 1 is 1.04 bits per heavy atom. The fourth-order valence-corrected chi connectivity index (χ4v) is 2.14. The predicted molar refractivity (Wildman–Crippen MR) is 82.1 cm³/mol. The van der Waals surface area contributed by atoms with Gasteiger partial charge in [-0.3, -0.25) is 35.4 Å². The summed E-state index contributed by atoms with van der Waals surface area (Å²) in [6, 6.07) is 7.77. The third-order valence-electron chi connectivity index (χ3n) is 3.24. The van der Waals surface area contributed by atoms with Crippen LogP contribution in [0.3, 0.4) is 0 Å². The van der Waals surface area contributed by atoms with Gasteiger partial charge in [0.05, 0.1) is 11.1 Å². The molecule has 24 heavy (non-hydrogen) atoms. The fourth-order valence-electron chi connectivity index (χ4n) is 2.14. The molecule has 9 nitrogen and oxygen atoms in total. The van der Waals surface area contributed by atoms with Gasteiger partial charge in [0.1, 0.15) is 5.57 Å². The summed E-state index contributed by atoms with van der Waals surface area (Å²) in [6.07, 6.45) is 2.50. The zero-order chi connectivity index (χ0) is 17.1. The van der Waals surface area contributed by atoms with Gasteiger partial charge in [0.2, 0.25) is 0 Å². The predicted octanol–water partition coefficient (Wildman–Crippen LogP) is -0.281. The van der Waals surface area contributed by atoms with Crippen molar-refractivity contribution in [2.75, 3.05) is 0 Å². The van der Waals surface area contributed by atoms with Gasteiger partial charge in [0.25, 0.3) is 17.7 Å². The number of barbiturate groups is 1. The zero-order valence-corrected chi connectivity index (χ0v) is 12.1. The van der Waals surface area contributed by atoms with E-state index >= 15 is 0 Å². The minimum atomic E-state index is -0.894. The van der Waals surface area contributed by atoms with Crippen LogP contribution in [0.1, 0.15) is 10.4 Å². The molecule has 9 heteroatoms. The SMILES string of the molecule is O=C1NC(=O)C(=CNNC(=O)c2ccnc3ccccc23)C(=O)N1. The van der Waals surface area contributed by atoms with Gasteiger partial charge in [-0.15, -0.1) is 0 Å². The van der Waals surface area contributed by atoms with E-state index in [1.54, 1.807) is 30.3 Å². The maximum Gasteiger partial charge on any atom is 0.328 e. The van der Waals surface area contributed by atoms with E-state index in [9.17, 15) is 19.2 Å². The maximum atomic E-state index is 12.2. The molecule has 1 aliphatic heterocycles. The van der Waals surface area contributed by atoms with Gasteiger partial charge >= 0.3 is 6.03 Å². The maximum absolute atomic E-state index is 12.2. The number of pyridine rings is 1. The van der Waals surface area contributed by atoms with Crippen molar-refractivity contribution in [3.8, 4) is 0 Å². The molecule has 0 saturated carbocycles. The molecule has 0 radical (unpaired) electrons. The van der Waals surface area contributed by atoms with Gasteiger partial charge in [0.15, 0.2) is 0 Å². The van der Waals surface area contributed by atoms with Crippen molar-refractivity contribution < 1.29 is 19.2 Å². The number of rotatable bonds is 3. The Balaban J connectivity index is 1.74. The third kappa shape index (κ3) is 2.90. The highest BCUT2D eigenvalue weighted by molar-refractivity contribution is 6.28. The summed E-state index contributed by atoms with van der Waals surface area (Å²) >= 11 is 0. The molecule has 0 unspecified atom stereocenters. The zero-order valence-electron chi connectivity index (χ0n) is 12.1. The van der Waals surface area contributed by atoms with E-state index in [4.69, 9.17) is 0 Å². The lowest BCUT2D eigenvalue weighted by Crippen LogP contribution is -2.52. The molecule has 3 rings (SSSR count). The van der Waals surface area contributed by atoms with Crippen LogP contribution in [0.2, 0.25) is 0 Å². The van der Waals surface area contributed by atoms with Crippen LogP contribution in [0.5, 0.6) is 0 Å². The Labute approximate surface area is 135 Å². The molecule has 0 atom stereocenters. The molecular formula is C15H11N5O4. The van der Waals surface area contributed by atoms with Crippen LogP contribution in [-0.4, -0.2) is 28.7 Å². The van der Waals surface area contributed by atoms with Crippen molar-refractivity contribution in [1.82, 2.24) is 26.5 Å². The summed E-state index contributed by atoms with van der Waals surface area (Å²) in [5.41, 5.74) is 5.43. The Bertz CT molecular complexity index is 878. The molecular weight excluding hydrogens is 314 g/mol. The first-order chi connectivity index (χ1) is 11.6. The van der Waals surface area contributed by atoms with Crippen molar-refractivity contribution in [2.45, 2.75) is 0 Å². The number of benzene rings is 1. The monoisotopic (exact) mass is 325 g/mol. The summed E-state index contributed by atoms with van der Waals surface area (Å²) in [4.78, 5) is 50.3. The highest BCUT2D eigenvalue weighted by Crippen LogP contribution is 2.15. The van der Waals surface area contributed by atoms with Crippen LogP contribution in [0.15, 0.2) is 48.3 Å². The fraction of sp³-hybridized carbons (Fsp3) is 0. The minimum absolute atomic E-state index is 0.338. The molecule has 1 aromatic heterocycles. The summed E-state index contributed by atoms with van der Waals surface area (Å²) in [5.74, 6) is -2.20. The van der Waals surface area contributed by atoms with E-state index in [1.165, 1.54) is 6.20 Å². The Morgan fingerprint density at radius 2 is 1.75 bits per heavy atom. The number of carbonyl (C=O) groups excluding carboxylic acids is 4. The Kier molecular flexibility index (Phi) is 3.89. The minimum Gasteiger partial charge on any atom is -0.305 e. The second-order valence-electron chi connectivity index (χ2n) is 4.77. The number of aromatic nitrogens is 1. The second-order valence-corrected chi connectivity index (χ2v) is 4.77. The van der Waals surface area contributed by atoms with E-state index < -0.39 is 23.8 Å². The quantitative estimate of drug-likeness (QED) is 0.349. The number of imide groups is 2. The topological polar surface area (TPSA) is 129 Å². The Hall–Kier alpha value is -3.75. The number of hydrazine groups is 1. The lowest BCUT2D eigenvalue weighted by atomic mass is 10.1. The van der Waals surface area contributed by atoms with Crippen LogP contribution in [0.4, 0.5) is 4.79 Å². The number of amides is 5. The lowest BCUT2D eigenvalue weighted by Gasteiger charge is -2.14. The molecule has 1 aromatic carbocycles. The number of carbonyl (C=O) groups is 4. The van der Waals surface area contributed by atoms with Gasteiger partial charge in [-0.25, -0.2) is 4.79 Å². The molecule has 1 aliphatic rings. The number of urea groups is 1. The third-order valence-corrected chi connectivity index (χ3v) is 3.24. The van der Waals surface area contributed by atoms with E-state index in [0.29, 0.717) is 16.5 Å². The van der Waals surface area contributed by atoms with Crippen molar-refractivity contribution >= 4 is 34.7 Å². The van der Waals surface area contributed by atoms with Gasteiger partial charge < -0.3 is 5.43 Å². The normalized spacial score (nSPS) is 14.0. The smallest absolute Gasteiger partial charge is 0.305 e. The second kappa shape index (κ2) is 6.16. The molecule has 2 heterocycles. The molecule has 5 amide bonds.